The molecule has 0 saturated carbocycles. The summed E-state index contributed by atoms with van der Waals surface area (Å²) in [5.74, 6) is 1.49. The third kappa shape index (κ3) is 4.06. The van der Waals surface area contributed by atoms with Gasteiger partial charge in [0.25, 0.3) is 5.56 Å². The van der Waals surface area contributed by atoms with Gasteiger partial charge in [-0.15, -0.1) is 0 Å². The Kier molecular flexibility index (Phi) is 5.95. The van der Waals surface area contributed by atoms with Gasteiger partial charge < -0.3 is 14.2 Å². The fraction of sp³-hybridized carbons (Fsp3) is 0.333. The van der Waals surface area contributed by atoms with E-state index in [1.54, 1.807) is 4.57 Å². The van der Waals surface area contributed by atoms with E-state index in [-0.39, 0.29) is 11.7 Å². The molecule has 1 atom stereocenters. The number of hydrogen-bond acceptors (Lipinski definition) is 6. The molecule has 3 aromatic rings. The average molecular weight is 398 g/mol. The highest BCUT2D eigenvalue weighted by atomic mass is 32.2. The second kappa shape index (κ2) is 8.77. The Labute approximate surface area is 167 Å². The van der Waals surface area contributed by atoms with Crippen molar-refractivity contribution in [3.63, 3.8) is 0 Å². The van der Waals surface area contributed by atoms with Crippen LogP contribution in [-0.2, 0) is 9.47 Å². The van der Waals surface area contributed by atoms with E-state index in [2.05, 4.69) is 0 Å². The molecular weight excluding hydrogens is 376 g/mol. The second-order valence-corrected chi connectivity index (χ2v) is 7.38. The molecule has 1 aliphatic rings. The maximum Gasteiger partial charge on any atom is 0.266 e. The molecule has 28 heavy (non-hydrogen) atoms. The molecule has 7 heteroatoms. The zero-order valence-corrected chi connectivity index (χ0v) is 16.5. The Balaban J connectivity index is 1.73. The number of hydrogen-bond donors (Lipinski definition) is 0. The minimum Gasteiger partial charge on any atom is -0.494 e. The largest absolute Gasteiger partial charge is 0.494 e. The monoisotopic (exact) mass is 398 g/mol. The predicted molar refractivity (Wildman–Crippen MR) is 110 cm³/mol. The van der Waals surface area contributed by atoms with Crippen molar-refractivity contribution in [3.8, 4) is 11.4 Å². The molecule has 0 aliphatic carbocycles. The third-order valence-electron chi connectivity index (χ3n) is 4.52. The Morgan fingerprint density at radius 1 is 1.21 bits per heavy atom. The van der Waals surface area contributed by atoms with Gasteiger partial charge in [-0.1, -0.05) is 23.9 Å². The van der Waals surface area contributed by atoms with E-state index in [0.717, 1.165) is 17.9 Å². The lowest BCUT2D eigenvalue weighted by atomic mass is 10.2. The molecule has 1 fully saturated rings. The van der Waals surface area contributed by atoms with Gasteiger partial charge in [0.15, 0.2) is 5.16 Å². The van der Waals surface area contributed by atoms with Gasteiger partial charge in [0.2, 0.25) is 0 Å². The molecule has 2 aromatic carbocycles. The Hall–Kier alpha value is -2.35. The van der Waals surface area contributed by atoms with E-state index in [1.807, 2.05) is 55.5 Å². The highest BCUT2D eigenvalue weighted by Gasteiger charge is 2.18. The maximum atomic E-state index is 13.2. The molecule has 1 aliphatic heterocycles. The van der Waals surface area contributed by atoms with Crippen LogP contribution in [0.25, 0.3) is 16.6 Å². The lowest BCUT2D eigenvalue weighted by molar-refractivity contribution is -0.130. The number of fused-ring (bicyclic) bond motifs is 1. The molecule has 146 valence electrons. The van der Waals surface area contributed by atoms with Gasteiger partial charge in [0.05, 0.1) is 35.9 Å². The molecule has 0 radical (unpaired) electrons. The summed E-state index contributed by atoms with van der Waals surface area (Å²) in [4.78, 5) is 18.0. The van der Waals surface area contributed by atoms with Crippen molar-refractivity contribution < 1.29 is 14.2 Å². The molecule has 0 spiro atoms. The summed E-state index contributed by atoms with van der Waals surface area (Å²) in [6, 6.07) is 14.9. The van der Waals surface area contributed by atoms with Gasteiger partial charge in [-0.3, -0.25) is 9.36 Å². The number of thioether (sulfide) groups is 1. The van der Waals surface area contributed by atoms with Crippen molar-refractivity contribution in [1.82, 2.24) is 9.55 Å². The normalized spacial score (nSPS) is 17.0. The van der Waals surface area contributed by atoms with E-state index >= 15 is 0 Å². The van der Waals surface area contributed by atoms with E-state index in [1.165, 1.54) is 11.8 Å². The summed E-state index contributed by atoms with van der Waals surface area (Å²) in [5, 5.41) is 1.26. The summed E-state index contributed by atoms with van der Waals surface area (Å²) in [7, 11) is 0. The minimum absolute atomic E-state index is 0.0786. The van der Waals surface area contributed by atoms with Gasteiger partial charge in [-0.25, -0.2) is 4.98 Å². The first-order valence-electron chi connectivity index (χ1n) is 9.33. The number of aromatic nitrogens is 2. The summed E-state index contributed by atoms with van der Waals surface area (Å²) >= 11 is 1.53. The summed E-state index contributed by atoms with van der Waals surface area (Å²) in [5.41, 5.74) is 1.39. The molecule has 1 aromatic heterocycles. The van der Waals surface area contributed by atoms with Gasteiger partial charge >= 0.3 is 0 Å². The molecule has 0 bridgehead atoms. The van der Waals surface area contributed by atoms with Crippen molar-refractivity contribution >= 4 is 22.7 Å². The van der Waals surface area contributed by atoms with Crippen LogP contribution in [-0.4, -0.2) is 41.4 Å². The van der Waals surface area contributed by atoms with Crippen LogP contribution in [0.5, 0.6) is 5.75 Å². The average Bonchev–Trinajstić information content (AvgIpc) is 2.74. The standard InChI is InChI=1S/C21H22N2O4S/c1-2-26-16-9-7-15(8-10-16)23-20(24)18-5-3-4-6-19(18)22-21(23)28-13-17-11-12-25-14-27-17/h3-10,17H,2,11-14H2,1H3/t17-/m1/s1. The van der Waals surface area contributed by atoms with Gasteiger partial charge in [-0.05, 0) is 49.7 Å². The van der Waals surface area contributed by atoms with Gasteiger partial charge in [-0.2, -0.15) is 0 Å². The molecule has 0 amide bonds. The number of para-hydroxylation sites is 1. The lowest BCUT2D eigenvalue weighted by Gasteiger charge is -2.22. The van der Waals surface area contributed by atoms with E-state index < -0.39 is 0 Å². The first-order chi connectivity index (χ1) is 13.8. The van der Waals surface area contributed by atoms with Crippen LogP contribution in [0.15, 0.2) is 58.5 Å². The molecule has 2 heterocycles. The topological polar surface area (TPSA) is 62.6 Å². The Bertz CT molecular complexity index is 997. The SMILES string of the molecule is CCOc1ccc(-n2c(SC[C@H]3CCOCO3)nc3ccccc3c2=O)cc1. The zero-order valence-electron chi connectivity index (χ0n) is 15.7. The van der Waals surface area contributed by atoms with Crippen molar-refractivity contribution in [2.45, 2.75) is 24.6 Å². The van der Waals surface area contributed by atoms with Crippen LogP contribution >= 0.6 is 11.8 Å². The molecule has 4 rings (SSSR count). The lowest BCUT2D eigenvalue weighted by Crippen LogP contribution is -2.27. The first-order valence-corrected chi connectivity index (χ1v) is 10.3. The van der Waals surface area contributed by atoms with Crippen LogP contribution in [0.4, 0.5) is 0 Å². The molecule has 0 unspecified atom stereocenters. The number of benzene rings is 2. The summed E-state index contributed by atoms with van der Waals surface area (Å²) < 4.78 is 18.1. The van der Waals surface area contributed by atoms with E-state index in [4.69, 9.17) is 19.2 Å². The first kappa shape index (κ1) is 19.0. The van der Waals surface area contributed by atoms with Crippen LogP contribution < -0.4 is 10.3 Å². The van der Waals surface area contributed by atoms with Crippen LogP contribution in [0.3, 0.4) is 0 Å². The van der Waals surface area contributed by atoms with Crippen molar-refractivity contribution in [1.29, 1.82) is 0 Å². The van der Waals surface area contributed by atoms with Crippen LogP contribution in [0.2, 0.25) is 0 Å². The van der Waals surface area contributed by atoms with E-state index in [9.17, 15) is 4.79 Å². The number of rotatable bonds is 6. The highest BCUT2D eigenvalue weighted by molar-refractivity contribution is 7.99. The van der Waals surface area contributed by atoms with Crippen LogP contribution in [0, 0.1) is 0 Å². The highest BCUT2D eigenvalue weighted by Crippen LogP contribution is 2.25. The predicted octanol–water partition coefficient (Wildman–Crippen LogP) is 3.64. The van der Waals surface area contributed by atoms with Crippen molar-refractivity contribution in [3.05, 3.63) is 58.9 Å². The second-order valence-electron chi connectivity index (χ2n) is 6.39. The molecular formula is C21H22N2O4S. The van der Waals surface area contributed by atoms with Crippen molar-refractivity contribution in [2.75, 3.05) is 25.8 Å². The smallest absolute Gasteiger partial charge is 0.266 e. The quantitative estimate of drug-likeness (QED) is 0.467. The Morgan fingerprint density at radius 3 is 2.79 bits per heavy atom. The zero-order chi connectivity index (χ0) is 19.3. The minimum atomic E-state index is -0.0786. The number of ether oxygens (including phenoxy) is 3. The van der Waals surface area contributed by atoms with E-state index in [0.29, 0.717) is 41.8 Å². The van der Waals surface area contributed by atoms with Crippen LogP contribution in [0.1, 0.15) is 13.3 Å². The Morgan fingerprint density at radius 2 is 2.04 bits per heavy atom. The van der Waals surface area contributed by atoms with Gasteiger partial charge in [0.1, 0.15) is 12.5 Å². The fourth-order valence-electron chi connectivity index (χ4n) is 3.10. The molecule has 1 saturated heterocycles. The number of nitrogens with zero attached hydrogens (tertiary/aromatic N) is 2. The summed E-state index contributed by atoms with van der Waals surface area (Å²) in [6.45, 7) is 3.56. The summed E-state index contributed by atoms with van der Waals surface area (Å²) in [6.07, 6.45) is 0.935. The molecule has 6 nitrogen and oxygen atoms in total. The van der Waals surface area contributed by atoms with Crippen molar-refractivity contribution in [2.24, 2.45) is 0 Å². The van der Waals surface area contributed by atoms with Gasteiger partial charge in [0, 0.05) is 5.75 Å². The third-order valence-corrected chi connectivity index (χ3v) is 5.59. The fourth-order valence-corrected chi connectivity index (χ4v) is 4.17. The maximum absolute atomic E-state index is 13.2. The molecule has 0 N–H and O–H groups in total.